The fourth-order valence-corrected chi connectivity index (χ4v) is 2.85. The first kappa shape index (κ1) is 19.1. The Bertz CT molecular complexity index is 637. The van der Waals surface area contributed by atoms with Crippen LogP contribution in [0.4, 0.5) is 8.78 Å². The molecule has 2 rings (SSSR count). The van der Waals surface area contributed by atoms with E-state index in [9.17, 15) is 18.4 Å². The Labute approximate surface area is 146 Å². The molecule has 1 aliphatic rings. The van der Waals surface area contributed by atoms with Gasteiger partial charge in [-0.25, -0.2) is 8.78 Å². The van der Waals surface area contributed by atoms with Crippen molar-refractivity contribution >= 4 is 11.8 Å². The monoisotopic (exact) mass is 354 g/mol. The number of carbonyl (C=O) groups is 2. The number of carbonyl (C=O) groups excluding carboxylic acids is 2. The number of nitrogens with zero attached hydrogens (tertiary/aromatic N) is 1. The highest BCUT2D eigenvalue weighted by molar-refractivity contribution is 5.99. The standard InChI is InChI=1S/C18H24F2N2O3/c1-4-12(2)15(17(24)22-10-9-18(19,20)11-22)21-16(23)13-7-5-6-8-14(13)25-3/h5-8,12,15H,4,9-11H2,1-3H3,(H,21,23)/t12?,15-/m0/s1. The fourth-order valence-electron chi connectivity index (χ4n) is 2.85. The largest absolute Gasteiger partial charge is 0.496 e. The Hall–Kier alpha value is -2.18. The summed E-state index contributed by atoms with van der Waals surface area (Å²) < 4.78 is 32.0. The number of ether oxygens (including phenoxy) is 1. The van der Waals surface area contributed by atoms with Crippen molar-refractivity contribution in [1.29, 1.82) is 0 Å². The molecule has 25 heavy (non-hydrogen) atoms. The average molecular weight is 354 g/mol. The first-order valence-corrected chi connectivity index (χ1v) is 8.39. The number of nitrogens with one attached hydrogen (secondary N) is 1. The highest BCUT2D eigenvalue weighted by Crippen LogP contribution is 2.28. The van der Waals surface area contributed by atoms with Crippen LogP contribution >= 0.6 is 0 Å². The van der Waals surface area contributed by atoms with Crippen LogP contribution in [0.15, 0.2) is 24.3 Å². The van der Waals surface area contributed by atoms with Crippen molar-refractivity contribution < 1.29 is 23.1 Å². The molecule has 1 heterocycles. The molecule has 0 saturated carbocycles. The summed E-state index contributed by atoms with van der Waals surface area (Å²) in [4.78, 5) is 26.4. The number of hydrogen-bond donors (Lipinski definition) is 1. The molecule has 5 nitrogen and oxygen atoms in total. The van der Waals surface area contributed by atoms with Crippen LogP contribution in [0.1, 0.15) is 37.0 Å². The van der Waals surface area contributed by atoms with Crippen molar-refractivity contribution in [1.82, 2.24) is 10.2 Å². The van der Waals surface area contributed by atoms with Gasteiger partial charge in [0, 0.05) is 13.0 Å². The molecule has 138 valence electrons. The number of methoxy groups -OCH3 is 1. The lowest BCUT2D eigenvalue weighted by Crippen LogP contribution is -2.51. The van der Waals surface area contributed by atoms with Gasteiger partial charge in [-0.2, -0.15) is 0 Å². The van der Waals surface area contributed by atoms with Crippen LogP contribution in [0.3, 0.4) is 0 Å². The maximum Gasteiger partial charge on any atom is 0.267 e. The van der Waals surface area contributed by atoms with Crippen LogP contribution in [-0.4, -0.2) is 48.9 Å². The van der Waals surface area contributed by atoms with Crippen LogP contribution in [0, 0.1) is 5.92 Å². The van der Waals surface area contributed by atoms with Gasteiger partial charge in [-0.15, -0.1) is 0 Å². The second kappa shape index (κ2) is 7.80. The molecule has 1 unspecified atom stereocenters. The Kier molecular flexibility index (Phi) is 5.98. The second-order valence-electron chi connectivity index (χ2n) is 6.40. The van der Waals surface area contributed by atoms with E-state index in [4.69, 9.17) is 4.74 Å². The van der Waals surface area contributed by atoms with Crippen molar-refractivity contribution in [3.8, 4) is 5.75 Å². The second-order valence-corrected chi connectivity index (χ2v) is 6.40. The van der Waals surface area contributed by atoms with Crippen LogP contribution in [0.25, 0.3) is 0 Å². The van der Waals surface area contributed by atoms with Gasteiger partial charge < -0.3 is 15.0 Å². The van der Waals surface area contributed by atoms with Gasteiger partial charge in [0.1, 0.15) is 11.8 Å². The molecule has 7 heteroatoms. The lowest BCUT2D eigenvalue weighted by molar-refractivity contribution is -0.135. The van der Waals surface area contributed by atoms with Crippen LogP contribution in [-0.2, 0) is 4.79 Å². The van der Waals surface area contributed by atoms with E-state index in [1.54, 1.807) is 24.3 Å². The predicted molar refractivity (Wildman–Crippen MR) is 89.8 cm³/mol. The minimum Gasteiger partial charge on any atom is -0.496 e. The Morgan fingerprint density at radius 1 is 1.36 bits per heavy atom. The zero-order valence-electron chi connectivity index (χ0n) is 14.7. The van der Waals surface area contributed by atoms with Crippen LogP contribution in [0.5, 0.6) is 5.75 Å². The molecule has 2 atom stereocenters. The molecule has 1 fully saturated rings. The number of halogens is 2. The van der Waals surface area contributed by atoms with E-state index in [1.807, 2.05) is 13.8 Å². The number of rotatable bonds is 6. The number of para-hydroxylation sites is 1. The number of alkyl halides is 2. The normalized spacial score (nSPS) is 18.5. The SMILES string of the molecule is CCC(C)[C@H](NC(=O)c1ccccc1OC)C(=O)N1CCC(F)(F)C1. The van der Waals surface area contributed by atoms with E-state index >= 15 is 0 Å². The third-order valence-corrected chi connectivity index (χ3v) is 4.60. The minimum absolute atomic E-state index is 0.00327. The van der Waals surface area contributed by atoms with E-state index in [2.05, 4.69) is 5.32 Å². The summed E-state index contributed by atoms with van der Waals surface area (Å²) in [6.07, 6.45) is 0.291. The summed E-state index contributed by atoms with van der Waals surface area (Å²) in [5.41, 5.74) is 0.304. The van der Waals surface area contributed by atoms with Crippen molar-refractivity contribution in [3.63, 3.8) is 0 Å². The highest BCUT2D eigenvalue weighted by Gasteiger charge is 2.43. The number of likely N-dealkylation sites (tertiary alicyclic amines) is 1. The lowest BCUT2D eigenvalue weighted by atomic mass is 9.97. The summed E-state index contributed by atoms with van der Waals surface area (Å²) >= 11 is 0. The Morgan fingerprint density at radius 2 is 2.04 bits per heavy atom. The van der Waals surface area contributed by atoms with Gasteiger partial charge in [0.05, 0.1) is 19.2 Å². The molecule has 0 aromatic heterocycles. The lowest BCUT2D eigenvalue weighted by Gasteiger charge is -2.28. The Morgan fingerprint density at radius 3 is 2.60 bits per heavy atom. The van der Waals surface area contributed by atoms with Gasteiger partial charge in [0.25, 0.3) is 11.8 Å². The van der Waals surface area contributed by atoms with Crippen LogP contribution < -0.4 is 10.1 Å². The summed E-state index contributed by atoms with van der Waals surface area (Å²) in [6.45, 7) is 3.12. The molecule has 0 bridgehead atoms. The predicted octanol–water partition coefficient (Wildman–Crippen LogP) is 2.71. The van der Waals surface area contributed by atoms with Gasteiger partial charge >= 0.3 is 0 Å². The highest BCUT2D eigenvalue weighted by atomic mass is 19.3. The Balaban J connectivity index is 2.18. The molecule has 1 saturated heterocycles. The number of hydrogen-bond acceptors (Lipinski definition) is 3. The zero-order chi connectivity index (χ0) is 18.6. The van der Waals surface area contributed by atoms with E-state index in [0.717, 1.165) is 4.90 Å². The molecule has 1 N–H and O–H groups in total. The van der Waals surface area contributed by atoms with Gasteiger partial charge in [-0.1, -0.05) is 32.4 Å². The molecule has 0 aliphatic carbocycles. The first-order valence-electron chi connectivity index (χ1n) is 8.39. The third kappa shape index (κ3) is 4.46. The molecule has 1 aromatic carbocycles. The topological polar surface area (TPSA) is 58.6 Å². The van der Waals surface area contributed by atoms with Gasteiger partial charge in [-0.05, 0) is 18.1 Å². The van der Waals surface area contributed by atoms with Crippen molar-refractivity contribution in [2.45, 2.75) is 38.7 Å². The van der Waals surface area contributed by atoms with E-state index in [0.29, 0.717) is 17.7 Å². The van der Waals surface area contributed by atoms with Crippen molar-refractivity contribution in [2.75, 3.05) is 20.2 Å². The molecule has 1 aliphatic heterocycles. The summed E-state index contributed by atoms with van der Waals surface area (Å²) in [6, 6.07) is 5.82. The smallest absolute Gasteiger partial charge is 0.267 e. The zero-order valence-corrected chi connectivity index (χ0v) is 14.7. The number of benzene rings is 1. The summed E-state index contributed by atoms with van der Waals surface area (Å²) in [5, 5.41) is 2.71. The molecular formula is C18H24F2N2O3. The third-order valence-electron chi connectivity index (χ3n) is 4.60. The average Bonchev–Trinajstić information content (AvgIpc) is 2.98. The molecule has 0 radical (unpaired) electrons. The van der Waals surface area contributed by atoms with Gasteiger partial charge in [0.2, 0.25) is 5.91 Å². The summed E-state index contributed by atoms with van der Waals surface area (Å²) in [7, 11) is 1.45. The molecule has 1 aromatic rings. The number of amides is 2. The maximum absolute atomic E-state index is 13.4. The van der Waals surface area contributed by atoms with Crippen molar-refractivity contribution in [3.05, 3.63) is 29.8 Å². The quantitative estimate of drug-likeness (QED) is 0.855. The first-order chi connectivity index (χ1) is 11.8. The molecular weight excluding hydrogens is 330 g/mol. The van der Waals surface area contributed by atoms with E-state index < -0.39 is 30.3 Å². The van der Waals surface area contributed by atoms with Gasteiger partial charge in [0.15, 0.2) is 0 Å². The molecule has 2 amide bonds. The minimum atomic E-state index is -2.86. The molecule has 0 spiro atoms. The van der Waals surface area contributed by atoms with Crippen molar-refractivity contribution in [2.24, 2.45) is 5.92 Å². The van der Waals surface area contributed by atoms with E-state index in [1.165, 1.54) is 7.11 Å². The van der Waals surface area contributed by atoms with Crippen LogP contribution in [0.2, 0.25) is 0 Å². The fraction of sp³-hybridized carbons (Fsp3) is 0.556. The maximum atomic E-state index is 13.4. The summed E-state index contributed by atoms with van der Waals surface area (Å²) in [5.74, 6) is -3.57. The van der Waals surface area contributed by atoms with E-state index in [-0.39, 0.29) is 18.9 Å². The van der Waals surface area contributed by atoms with Gasteiger partial charge in [-0.3, -0.25) is 9.59 Å².